The molecule has 0 spiro atoms. The van der Waals surface area contributed by atoms with Crippen LogP contribution in [0.3, 0.4) is 0 Å². The fraction of sp³-hybridized carbons (Fsp3) is 0.247. The van der Waals surface area contributed by atoms with Crippen molar-refractivity contribution in [3.8, 4) is 113 Å². The molecule has 11 N–H and O–H groups in total. The van der Waals surface area contributed by atoms with Gasteiger partial charge in [-0.15, -0.1) is 0 Å². The fourth-order valence-electron chi connectivity index (χ4n) is 15.3. The molecule has 10 heterocycles. The summed E-state index contributed by atoms with van der Waals surface area (Å²) in [5.41, 5.74) is 14.2. The molecule has 3 aliphatic rings. The van der Waals surface area contributed by atoms with Gasteiger partial charge >= 0.3 is 17.9 Å². The minimum atomic E-state index is -1.02. The molecular formula is C93H90N18O14. The SMILES string of the molecule is C.CCOc1cc(-c2cccc(CC)c2)ccc1-c1nc2nc[nH]c2c(=O)[nH]1.O=C(O)CCc1cccc(-c2ccc(-c3nc4nc[nH]c4c(=O)[nH]3)c(OCCN3CCCC3)c2)c1.O=C(O)c1ccc(-c2ccc(-c3nc4nc[nH]c4c(=O)[nH]3)c(OC3CCCC3)c2)cc1.O=C(O)c1ccc(-c2ccc(-c3nc4nc[nH]c4c(=O)[nH]3)c(OC3CCCC3)c2)nc1. The molecule has 3 fully saturated rings. The molecule has 0 amide bonds. The third-order valence-electron chi connectivity index (χ3n) is 21.8. The van der Waals surface area contributed by atoms with Crippen LogP contribution in [-0.4, -0.2) is 168 Å². The predicted molar refractivity (Wildman–Crippen MR) is 473 cm³/mol. The summed E-state index contributed by atoms with van der Waals surface area (Å²) in [5.74, 6) is 1.32. The van der Waals surface area contributed by atoms with E-state index in [1.165, 1.54) is 56.0 Å². The van der Waals surface area contributed by atoms with Crippen LogP contribution < -0.4 is 41.2 Å². The first-order chi connectivity index (χ1) is 60.4. The lowest BCUT2D eigenvalue weighted by molar-refractivity contribution is -0.137. The van der Waals surface area contributed by atoms with E-state index in [0.717, 1.165) is 127 Å². The van der Waals surface area contributed by atoms with Gasteiger partial charge in [0, 0.05) is 24.7 Å². The smallest absolute Gasteiger partial charge is 0.337 e. The summed E-state index contributed by atoms with van der Waals surface area (Å²) in [7, 11) is 0. The number of hydrogen-bond donors (Lipinski definition) is 11. The number of aryl methyl sites for hydroxylation is 2. The molecular weight excluding hydrogens is 1590 g/mol. The van der Waals surface area contributed by atoms with E-state index in [1.54, 1.807) is 30.3 Å². The van der Waals surface area contributed by atoms with Gasteiger partial charge in [0.25, 0.3) is 22.2 Å². The van der Waals surface area contributed by atoms with Crippen molar-refractivity contribution in [3.63, 3.8) is 0 Å². The summed E-state index contributed by atoms with van der Waals surface area (Å²) in [4.78, 5) is 146. The van der Waals surface area contributed by atoms with Crippen molar-refractivity contribution in [1.82, 2.24) is 89.6 Å². The number of carbonyl (C=O) groups is 3. The number of fused-ring (bicyclic) bond motifs is 4. The Hall–Kier alpha value is -15.3. The van der Waals surface area contributed by atoms with E-state index in [9.17, 15) is 33.6 Å². The third-order valence-corrected chi connectivity index (χ3v) is 21.8. The van der Waals surface area contributed by atoms with E-state index in [1.807, 2.05) is 104 Å². The van der Waals surface area contributed by atoms with Crippen molar-refractivity contribution in [1.29, 1.82) is 0 Å². The minimum absolute atomic E-state index is 0. The number of aromatic amines is 8. The molecule has 125 heavy (non-hydrogen) atoms. The van der Waals surface area contributed by atoms with Crippen LogP contribution in [0.25, 0.3) is 135 Å². The van der Waals surface area contributed by atoms with Crippen molar-refractivity contribution in [2.45, 2.75) is 117 Å². The van der Waals surface area contributed by atoms with E-state index in [0.29, 0.717) is 133 Å². The maximum absolute atomic E-state index is 12.5. The molecule has 7 aromatic carbocycles. The molecule has 1 saturated heterocycles. The van der Waals surface area contributed by atoms with Gasteiger partial charge in [-0.1, -0.05) is 99.3 Å². The molecule has 1 aliphatic heterocycles. The van der Waals surface area contributed by atoms with Crippen molar-refractivity contribution in [2.75, 3.05) is 32.8 Å². The standard InChI is InChI=1S/C26H27N5O4.C23H20N4O4.C22H19N5O4.C21H20N4O2.CH4/c32-22(33)9-6-17-4-3-5-18(14-17)19-7-8-20(21(15-19)35-13-12-31-10-1-2-11-31)24-29-25-23(26(34)30-24)27-16-28-25;28-22-19-21(25-12-24-19)26-20(27-22)17-10-9-15(11-18(17)31-16-3-1-2-4-16)13-5-7-14(8-6-13)23(29)30;28-21-18-20(25-11-24-18)26-19(27-21)15-7-5-12(9-17(15)31-14-3-1-2-4-14)16-8-6-13(10-23-16)22(29)30;1-3-13-6-5-7-14(10-13)15-8-9-16(17(11-15)27-4-2)19-24-20-18(21(26)25-19)22-12-23-20;/h3-5,7-8,14-16H,1-2,6,9-13H2,(H,32,33)(H2,27,28,29,30,34);5-12,16H,1-4H2,(H,29,30)(H2,24,25,26,27,28);5-11,14H,1-4H2,(H,29,30)(H2,24,25,26,27,28);5-12H,3-4H2,1-2H3,(H2,22,23,24,25,26);1H4. The normalized spacial score (nSPS) is 13.3. The number of likely N-dealkylation sites (tertiary alicyclic amines) is 1. The Labute approximate surface area is 713 Å². The van der Waals surface area contributed by atoms with Gasteiger partial charge in [0.2, 0.25) is 0 Å². The number of ether oxygens (including phenoxy) is 4. The van der Waals surface area contributed by atoms with Crippen molar-refractivity contribution in [3.05, 3.63) is 253 Å². The number of nitrogens with zero attached hydrogens (tertiary/aromatic N) is 10. The second kappa shape index (κ2) is 38.6. The molecule has 0 unspecified atom stereocenters. The number of pyridine rings is 1. The first-order valence-corrected chi connectivity index (χ1v) is 41.0. The highest BCUT2D eigenvalue weighted by Gasteiger charge is 2.25. The minimum Gasteiger partial charge on any atom is -0.493 e. The summed E-state index contributed by atoms with van der Waals surface area (Å²) in [6, 6.07) is 49.1. The number of benzene rings is 7. The zero-order valence-electron chi connectivity index (χ0n) is 67.6. The first-order valence-electron chi connectivity index (χ1n) is 41.0. The van der Waals surface area contributed by atoms with Crippen LogP contribution in [0.5, 0.6) is 23.0 Å². The van der Waals surface area contributed by atoms with Gasteiger partial charge in [0.1, 0.15) is 52.9 Å². The van der Waals surface area contributed by atoms with Crippen molar-refractivity contribution in [2.24, 2.45) is 0 Å². The molecule has 2 aliphatic carbocycles. The zero-order chi connectivity index (χ0) is 85.7. The van der Waals surface area contributed by atoms with E-state index in [-0.39, 0.29) is 59.4 Å². The maximum Gasteiger partial charge on any atom is 0.337 e. The van der Waals surface area contributed by atoms with E-state index < -0.39 is 17.9 Å². The fourth-order valence-corrected chi connectivity index (χ4v) is 15.3. The van der Waals surface area contributed by atoms with Gasteiger partial charge in [0.05, 0.1) is 83.2 Å². The summed E-state index contributed by atoms with van der Waals surface area (Å²) >= 11 is 0. The maximum atomic E-state index is 12.5. The van der Waals surface area contributed by atoms with Gasteiger partial charge in [-0.05, 0) is 214 Å². The Balaban J connectivity index is 0.000000129. The van der Waals surface area contributed by atoms with Crippen LogP contribution in [0.15, 0.2) is 208 Å². The number of imidazole rings is 4. The van der Waals surface area contributed by atoms with E-state index >= 15 is 0 Å². The molecule has 19 rings (SSSR count). The molecule has 9 aromatic heterocycles. The molecule has 636 valence electrons. The Morgan fingerprint density at radius 3 is 1.22 bits per heavy atom. The van der Waals surface area contributed by atoms with E-state index in [4.69, 9.17) is 34.3 Å². The highest BCUT2D eigenvalue weighted by Crippen LogP contribution is 2.40. The Bertz CT molecular complexity index is 6620. The molecule has 32 heteroatoms. The highest BCUT2D eigenvalue weighted by molar-refractivity contribution is 5.89. The number of carboxylic acid groups (broad SMARTS) is 3. The van der Waals surface area contributed by atoms with Gasteiger partial charge in [0.15, 0.2) is 44.7 Å². The van der Waals surface area contributed by atoms with Gasteiger partial charge in [-0.3, -0.25) is 33.9 Å². The Morgan fingerprint density at radius 1 is 0.416 bits per heavy atom. The number of carboxylic acids is 3. The lowest BCUT2D eigenvalue weighted by Crippen LogP contribution is -2.25. The average Bonchev–Trinajstić information content (AvgIpc) is 1.69. The van der Waals surface area contributed by atoms with Crippen LogP contribution in [0.1, 0.15) is 124 Å². The lowest BCUT2D eigenvalue weighted by atomic mass is 9.99. The topological polar surface area (TPSA) is 463 Å². The lowest BCUT2D eigenvalue weighted by Gasteiger charge is -2.17. The molecule has 0 atom stereocenters. The summed E-state index contributed by atoms with van der Waals surface area (Å²) in [6.45, 7) is 8.11. The molecule has 2 saturated carbocycles. The van der Waals surface area contributed by atoms with Crippen LogP contribution >= 0.6 is 0 Å². The second-order valence-electron chi connectivity index (χ2n) is 30.1. The number of H-pyrrole nitrogens is 8. The van der Waals surface area contributed by atoms with Crippen LogP contribution in [-0.2, 0) is 17.6 Å². The summed E-state index contributed by atoms with van der Waals surface area (Å²) in [6.07, 6.45) is 19.7. The average molecular weight is 1680 g/mol. The van der Waals surface area contributed by atoms with Gasteiger partial charge in [-0.2, -0.15) is 0 Å². The number of aromatic nitrogens is 17. The van der Waals surface area contributed by atoms with E-state index in [2.05, 4.69) is 121 Å². The second-order valence-corrected chi connectivity index (χ2v) is 30.1. The molecule has 32 nitrogen and oxygen atoms in total. The van der Waals surface area contributed by atoms with Crippen LogP contribution in [0, 0.1) is 0 Å². The molecule has 0 bridgehead atoms. The predicted octanol–water partition coefficient (Wildman–Crippen LogP) is 15.4. The first kappa shape index (κ1) is 84.7. The quantitative estimate of drug-likeness (QED) is 0.0268. The monoisotopic (exact) mass is 1680 g/mol. The van der Waals surface area contributed by atoms with Gasteiger partial charge < -0.3 is 74.1 Å². The van der Waals surface area contributed by atoms with Crippen LogP contribution in [0.4, 0.5) is 0 Å². The van der Waals surface area contributed by atoms with Crippen LogP contribution in [0.2, 0.25) is 0 Å². The number of aromatic carboxylic acids is 2. The van der Waals surface area contributed by atoms with Crippen molar-refractivity contribution < 1.29 is 48.7 Å². The highest BCUT2D eigenvalue weighted by atomic mass is 16.5. The molecule has 0 radical (unpaired) electrons. The van der Waals surface area contributed by atoms with Gasteiger partial charge in [-0.25, -0.2) is 49.5 Å². The largest absolute Gasteiger partial charge is 0.493 e. The number of nitrogens with one attached hydrogen (secondary N) is 8. The number of aliphatic carboxylic acids is 1. The Kier molecular flexibility index (Phi) is 26.1. The zero-order valence-corrected chi connectivity index (χ0v) is 67.6. The van der Waals surface area contributed by atoms with Crippen molar-refractivity contribution >= 4 is 62.6 Å². The number of rotatable bonds is 24. The third kappa shape index (κ3) is 19.8. The molecule has 16 aromatic rings. The summed E-state index contributed by atoms with van der Waals surface area (Å²) < 4.78 is 24.7. The summed E-state index contributed by atoms with van der Waals surface area (Å²) in [5, 5.41) is 27.2. The number of hydrogen-bond acceptors (Lipinski definition) is 21. The Morgan fingerprint density at radius 2 is 0.800 bits per heavy atom.